The lowest BCUT2D eigenvalue weighted by Gasteiger charge is -2.02. The van der Waals surface area contributed by atoms with Crippen molar-refractivity contribution >= 4 is 28.3 Å². The van der Waals surface area contributed by atoms with E-state index in [1.54, 1.807) is 6.20 Å². The van der Waals surface area contributed by atoms with Gasteiger partial charge in [0.15, 0.2) is 5.78 Å². The second-order valence-corrected chi connectivity index (χ2v) is 3.67. The van der Waals surface area contributed by atoms with Gasteiger partial charge in [0, 0.05) is 22.7 Å². The van der Waals surface area contributed by atoms with Crippen LogP contribution in [-0.2, 0) is 0 Å². The lowest BCUT2D eigenvalue weighted by atomic mass is 10.1. The van der Waals surface area contributed by atoms with E-state index in [-0.39, 0.29) is 11.7 Å². The van der Waals surface area contributed by atoms with Crippen LogP contribution in [0.25, 0.3) is 10.9 Å². The highest BCUT2D eigenvalue weighted by atomic mass is 35.5. The molecule has 3 nitrogen and oxygen atoms in total. The molecule has 0 amide bonds. The molecule has 0 aliphatic carbocycles. The predicted octanol–water partition coefficient (Wildman–Crippen LogP) is 2.99. The number of fused-ring (bicyclic) bond motifs is 1. The van der Waals surface area contributed by atoms with Crippen LogP contribution in [0.1, 0.15) is 17.3 Å². The Morgan fingerprint density at radius 2 is 2.31 bits per heavy atom. The topological polar surface area (TPSA) is 42.1 Å². The number of Topliss-reactive ketones (excluding diaryl/α,β-unsaturated/α-hetero) is 1. The molecule has 1 heterocycles. The molecule has 1 N–H and O–H groups in total. The fourth-order valence-corrected chi connectivity index (χ4v) is 1.80. The molecule has 1 aromatic carbocycles. The number of carbonyl (C=O) groups excluding carboxylic acids is 1. The summed E-state index contributed by atoms with van der Waals surface area (Å²) in [5.74, 6) is 0.672. The van der Waals surface area contributed by atoms with Crippen LogP contribution in [-0.4, -0.2) is 23.3 Å². The highest BCUT2D eigenvalue weighted by Gasteiger charge is 2.11. The molecule has 0 spiro atoms. The van der Waals surface area contributed by atoms with Gasteiger partial charge in [0.25, 0.3) is 0 Å². The molecular formula is C12H12ClNO2. The molecular weight excluding hydrogens is 226 g/mol. The first kappa shape index (κ1) is 11.0. The Balaban J connectivity index is 2.51. The van der Waals surface area contributed by atoms with E-state index in [0.29, 0.717) is 12.2 Å². The van der Waals surface area contributed by atoms with Gasteiger partial charge in [-0.15, -0.1) is 11.6 Å². The number of ketones is 1. The summed E-state index contributed by atoms with van der Waals surface area (Å²) >= 11 is 5.55. The third-order valence-corrected chi connectivity index (χ3v) is 2.63. The summed E-state index contributed by atoms with van der Waals surface area (Å²) in [4.78, 5) is 14.6. The van der Waals surface area contributed by atoms with Crippen molar-refractivity contribution in [1.29, 1.82) is 0 Å². The van der Waals surface area contributed by atoms with E-state index in [2.05, 4.69) is 4.98 Å². The van der Waals surface area contributed by atoms with Crippen LogP contribution in [0.3, 0.4) is 0 Å². The van der Waals surface area contributed by atoms with Crippen LogP contribution in [0.4, 0.5) is 0 Å². The smallest absolute Gasteiger partial charge is 0.179 e. The summed E-state index contributed by atoms with van der Waals surface area (Å²) in [6.45, 7) is 2.53. The van der Waals surface area contributed by atoms with Gasteiger partial charge in [0.1, 0.15) is 5.75 Å². The minimum Gasteiger partial charge on any atom is -0.494 e. The van der Waals surface area contributed by atoms with E-state index in [4.69, 9.17) is 16.3 Å². The SMILES string of the molecule is CCOc1ccc2[nH]cc(C(=O)CCl)c2c1. The number of aromatic nitrogens is 1. The number of hydrogen-bond donors (Lipinski definition) is 1. The number of H-pyrrole nitrogens is 1. The number of hydrogen-bond acceptors (Lipinski definition) is 2. The van der Waals surface area contributed by atoms with Crippen molar-refractivity contribution < 1.29 is 9.53 Å². The van der Waals surface area contributed by atoms with Crippen molar-refractivity contribution in [3.63, 3.8) is 0 Å². The van der Waals surface area contributed by atoms with Gasteiger partial charge >= 0.3 is 0 Å². The number of carbonyl (C=O) groups is 1. The zero-order valence-electron chi connectivity index (χ0n) is 8.92. The Bertz CT molecular complexity index is 519. The third kappa shape index (κ3) is 1.91. The highest BCUT2D eigenvalue weighted by molar-refractivity contribution is 6.32. The monoisotopic (exact) mass is 237 g/mol. The maximum absolute atomic E-state index is 11.6. The number of rotatable bonds is 4. The van der Waals surface area contributed by atoms with Gasteiger partial charge in [-0.2, -0.15) is 0 Å². The van der Waals surface area contributed by atoms with Crippen molar-refractivity contribution in [3.8, 4) is 5.75 Å². The van der Waals surface area contributed by atoms with Crippen LogP contribution in [0.2, 0.25) is 0 Å². The molecule has 0 unspecified atom stereocenters. The molecule has 0 fully saturated rings. The van der Waals surface area contributed by atoms with Crippen molar-refractivity contribution in [1.82, 2.24) is 4.98 Å². The van der Waals surface area contributed by atoms with Gasteiger partial charge in [0.05, 0.1) is 12.5 Å². The molecule has 1 aromatic heterocycles. The Hall–Kier alpha value is -1.48. The number of nitrogens with one attached hydrogen (secondary N) is 1. The molecule has 0 radical (unpaired) electrons. The largest absolute Gasteiger partial charge is 0.494 e. The minimum absolute atomic E-state index is 0.00812. The molecule has 4 heteroatoms. The van der Waals surface area contributed by atoms with Gasteiger partial charge in [-0.05, 0) is 25.1 Å². The first-order chi connectivity index (χ1) is 7.76. The Morgan fingerprint density at radius 3 is 3.00 bits per heavy atom. The molecule has 0 bridgehead atoms. The fourth-order valence-electron chi connectivity index (χ4n) is 1.66. The normalized spacial score (nSPS) is 10.6. The van der Waals surface area contributed by atoms with Crippen molar-refractivity contribution in [2.24, 2.45) is 0 Å². The maximum Gasteiger partial charge on any atom is 0.179 e. The lowest BCUT2D eigenvalue weighted by molar-refractivity contribution is 0.102. The third-order valence-electron chi connectivity index (χ3n) is 2.39. The number of alkyl halides is 1. The maximum atomic E-state index is 11.6. The van der Waals surface area contributed by atoms with Crippen LogP contribution < -0.4 is 4.74 Å². The van der Waals surface area contributed by atoms with E-state index in [1.807, 2.05) is 25.1 Å². The standard InChI is InChI=1S/C12H12ClNO2/c1-2-16-8-3-4-11-9(5-8)10(7-14-11)12(15)6-13/h3-5,7,14H,2,6H2,1H3. The molecule has 0 aliphatic rings. The number of aromatic amines is 1. The fraction of sp³-hybridized carbons (Fsp3) is 0.250. The Kier molecular flexibility index (Phi) is 3.15. The van der Waals surface area contributed by atoms with Crippen LogP contribution in [0, 0.1) is 0 Å². The average molecular weight is 238 g/mol. The highest BCUT2D eigenvalue weighted by Crippen LogP contribution is 2.24. The van der Waals surface area contributed by atoms with Crippen LogP contribution >= 0.6 is 11.6 Å². The zero-order valence-corrected chi connectivity index (χ0v) is 9.67. The molecule has 0 atom stereocenters. The first-order valence-corrected chi connectivity index (χ1v) is 5.62. The minimum atomic E-state index is -0.0819. The van der Waals surface area contributed by atoms with Crippen molar-refractivity contribution in [2.45, 2.75) is 6.92 Å². The molecule has 16 heavy (non-hydrogen) atoms. The van der Waals surface area contributed by atoms with E-state index >= 15 is 0 Å². The van der Waals surface area contributed by atoms with E-state index in [0.717, 1.165) is 16.7 Å². The van der Waals surface area contributed by atoms with Crippen LogP contribution in [0.5, 0.6) is 5.75 Å². The molecule has 2 rings (SSSR count). The second kappa shape index (κ2) is 4.58. The second-order valence-electron chi connectivity index (χ2n) is 3.40. The van der Waals surface area contributed by atoms with Crippen LogP contribution in [0.15, 0.2) is 24.4 Å². The average Bonchev–Trinajstić information content (AvgIpc) is 2.71. The number of ether oxygens (including phenoxy) is 1. The first-order valence-electron chi connectivity index (χ1n) is 5.09. The summed E-state index contributed by atoms with van der Waals surface area (Å²) < 4.78 is 5.39. The zero-order chi connectivity index (χ0) is 11.5. The number of halogens is 1. The molecule has 0 saturated heterocycles. The van der Waals surface area contributed by atoms with E-state index < -0.39 is 0 Å². The molecule has 84 valence electrons. The summed E-state index contributed by atoms with van der Waals surface area (Å²) in [5, 5.41) is 0.858. The predicted molar refractivity (Wildman–Crippen MR) is 64.5 cm³/mol. The van der Waals surface area contributed by atoms with E-state index in [9.17, 15) is 4.79 Å². The van der Waals surface area contributed by atoms with E-state index in [1.165, 1.54) is 0 Å². The molecule has 2 aromatic rings. The van der Waals surface area contributed by atoms with Crippen molar-refractivity contribution in [3.05, 3.63) is 30.0 Å². The van der Waals surface area contributed by atoms with Gasteiger partial charge in [0.2, 0.25) is 0 Å². The quantitative estimate of drug-likeness (QED) is 0.656. The van der Waals surface area contributed by atoms with Gasteiger partial charge < -0.3 is 9.72 Å². The van der Waals surface area contributed by atoms with Gasteiger partial charge in [-0.3, -0.25) is 4.79 Å². The summed E-state index contributed by atoms with van der Waals surface area (Å²) in [7, 11) is 0. The Morgan fingerprint density at radius 1 is 1.50 bits per heavy atom. The Labute approximate surface area is 98.4 Å². The summed E-state index contributed by atoms with van der Waals surface area (Å²) in [5.41, 5.74) is 1.53. The lowest BCUT2D eigenvalue weighted by Crippen LogP contribution is -1.98. The van der Waals surface area contributed by atoms with Gasteiger partial charge in [-0.1, -0.05) is 0 Å². The number of benzene rings is 1. The molecule has 0 saturated carbocycles. The summed E-state index contributed by atoms with van der Waals surface area (Å²) in [6, 6.07) is 5.62. The van der Waals surface area contributed by atoms with Crippen molar-refractivity contribution in [2.75, 3.05) is 12.5 Å². The molecule has 0 aliphatic heterocycles. The summed E-state index contributed by atoms with van der Waals surface area (Å²) in [6.07, 6.45) is 1.69. The van der Waals surface area contributed by atoms with Gasteiger partial charge in [-0.25, -0.2) is 0 Å².